The van der Waals surface area contributed by atoms with Gasteiger partial charge >= 0.3 is 0 Å². The van der Waals surface area contributed by atoms with Gasteiger partial charge in [0.1, 0.15) is 5.60 Å². The molecule has 0 atom stereocenters. The lowest BCUT2D eigenvalue weighted by atomic mass is 9.93. The Morgan fingerprint density at radius 3 is 2.64 bits per heavy atom. The molecule has 2 aromatic rings. The first-order valence-electron chi connectivity index (χ1n) is 7.48. The third kappa shape index (κ3) is 2.71. The maximum Gasteiger partial charge on any atom is 0.165 e. The van der Waals surface area contributed by atoms with Crippen LogP contribution in [0.4, 0.5) is 0 Å². The summed E-state index contributed by atoms with van der Waals surface area (Å²) in [5.74, 6) is 1.69. The van der Waals surface area contributed by atoms with Crippen molar-refractivity contribution in [2.24, 2.45) is 0 Å². The Balaban J connectivity index is 2.06. The van der Waals surface area contributed by atoms with Crippen molar-refractivity contribution >= 4 is 11.6 Å². The van der Waals surface area contributed by atoms with Crippen LogP contribution >= 0.6 is 0 Å². The normalized spacial score (nSPS) is 16.1. The second-order valence-electron chi connectivity index (χ2n) is 6.27. The van der Waals surface area contributed by atoms with Crippen molar-refractivity contribution in [1.29, 1.82) is 0 Å². The Morgan fingerprint density at radius 1 is 1.23 bits per heavy atom. The molecule has 3 nitrogen and oxygen atoms in total. The number of benzene rings is 1. The number of rotatable bonds is 3. The van der Waals surface area contributed by atoms with E-state index in [1.54, 1.807) is 7.11 Å². The SMILES string of the molecule is COc1ccc(/C(C)=C/c2ccncc2)c2c1OC(C)(C)C2. The lowest BCUT2D eigenvalue weighted by Crippen LogP contribution is -2.24. The van der Waals surface area contributed by atoms with E-state index in [4.69, 9.17) is 9.47 Å². The zero-order chi connectivity index (χ0) is 15.7. The summed E-state index contributed by atoms with van der Waals surface area (Å²) < 4.78 is 11.5. The lowest BCUT2D eigenvalue weighted by Gasteiger charge is -2.17. The van der Waals surface area contributed by atoms with Crippen LogP contribution in [0, 0.1) is 0 Å². The molecule has 1 aromatic carbocycles. The van der Waals surface area contributed by atoms with Crippen molar-refractivity contribution in [1.82, 2.24) is 4.98 Å². The molecule has 0 fully saturated rings. The highest BCUT2D eigenvalue weighted by atomic mass is 16.5. The largest absolute Gasteiger partial charge is 0.493 e. The van der Waals surface area contributed by atoms with Gasteiger partial charge in [0, 0.05) is 24.4 Å². The molecule has 114 valence electrons. The fourth-order valence-electron chi connectivity index (χ4n) is 2.95. The number of hydrogen-bond donors (Lipinski definition) is 0. The van der Waals surface area contributed by atoms with E-state index in [0.717, 1.165) is 23.5 Å². The van der Waals surface area contributed by atoms with Crippen LogP contribution in [0.15, 0.2) is 36.7 Å². The Morgan fingerprint density at radius 2 is 1.95 bits per heavy atom. The first kappa shape index (κ1) is 14.6. The van der Waals surface area contributed by atoms with Gasteiger partial charge in [-0.25, -0.2) is 0 Å². The van der Waals surface area contributed by atoms with Gasteiger partial charge in [0.2, 0.25) is 0 Å². The zero-order valence-corrected chi connectivity index (χ0v) is 13.5. The summed E-state index contributed by atoms with van der Waals surface area (Å²) in [6.07, 6.45) is 6.68. The summed E-state index contributed by atoms with van der Waals surface area (Å²) in [5.41, 5.74) is 4.62. The smallest absolute Gasteiger partial charge is 0.165 e. The Hall–Kier alpha value is -2.29. The molecule has 0 saturated heterocycles. The summed E-state index contributed by atoms with van der Waals surface area (Å²) in [6, 6.07) is 8.12. The second kappa shape index (κ2) is 5.48. The van der Waals surface area contributed by atoms with Crippen LogP contribution < -0.4 is 9.47 Å². The number of fused-ring (bicyclic) bond motifs is 1. The van der Waals surface area contributed by atoms with Crippen LogP contribution in [0.3, 0.4) is 0 Å². The van der Waals surface area contributed by atoms with Gasteiger partial charge in [-0.05, 0) is 55.7 Å². The lowest BCUT2D eigenvalue weighted by molar-refractivity contribution is 0.134. The van der Waals surface area contributed by atoms with Crippen LogP contribution in [0.5, 0.6) is 11.5 Å². The third-order valence-electron chi connectivity index (χ3n) is 3.94. The summed E-state index contributed by atoms with van der Waals surface area (Å²) in [7, 11) is 1.68. The first-order chi connectivity index (χ1) is 10.5. The van der Waals surface area contributed by atoms with Gasteiger partial charge in [-0.2, -0.15) is 0 Å². The van der Waals surface area contributed by atoms with Gasteiger partial charge in [0.15, 0.2) is 11.5 Å². The predicted octanol–water partition coefficient (Wildman–Crippen LogP) is 4.36. The zero-order valence-electron chi connectivity index (χ0n) is 13.5. The van der Waals surface area contributed by atoms with Crippen molar-refractivity contribution in [2.75, 3.05) is 7.11 Å². The van der Waals surface area contributed by atoms with Gasteiger partial charge in [-0.3, -0.25) is 4.98 Å². The number of nitrogens with zero attached hydrogens (tertiary/aromatic N) is 1. The molecule has 3 rings (SSSR count). The fourth-order valence-corrected chi connectivity index (χ4v) is 2.95. The molecule has 0 bridgehead atoms. The summed E-state index contributed by atoms with van der Waals surface area (Å²) in [5, 5.41) is 0. The highest BCUT2D eigenvalue weighted by Gasteiger charge is 2.34. The molecular formula is C19H21NO2. The molecule has 0 saturated carbocycles. The van der Waals surface area contributed by atoms with Crippen molar-refractivity contribution in [2.45, 2.75) is 32.8 Å². The van der Waals surface area contributed by atoms with E-state index in [1.807, 2.05) is 30.6 Å². The van der Waals surface area contributed by atoms with E-state index in [2.05, 4.69) is 37.9 Å². The summed E-state index contributed by atoms with van der Waals surface area (Å²) in [4.78, 5) is 4.06. The molecule has 1 aliphatic heterocycles. The third-order valence-corrected chi connectivity index (χ3v) is 3.94. The number of ether oxygens (including phenoxy) is 2. The van der Waals surface area contributed by atoms with Crippen LogP contribution in [-0.2, 0) is 6.42 Å². The molecule has 0 radical (unpaired) electrons. The minimum absolute atomic E-state index is 0.192. The minimum Gasteiger partial charge on any atom is -0.493 e. The Kier molecular flexibility index (Phi) is 3.65. The number of pyridine rings is 1. The molecule has 0 N–H and O–H groups in total. The molecule has 0 unspecified atom stereocenters. The van der Waals surface area contributed by atoms with Crippen molar-refractivity contribution in [3.8, 4) is 11.5 Å². The number of allylic oxidation sites excluding steroid dienone is 1. The van der Waals surface area contributed by atoms with Crippen molar-refractivity contribution < 1.29 is 9.47 Å². The van der Waals surface area contributed by atoms with E-state index in [-0.39, 0.29) is 5.60 Å². The number of aromatic nitrogens is 1. The molecule has 0 aliphatic carbocycles. The monoisotopic (exact) mass is 295 g/mol. The highest BCUT2D eigenvalue weighted by molar-refractivity contribution is 5.83. The average Bonchev–Trinajstić information content (AvgIpc) is 2.82. The van der Waals surface area contributed by atoms with E-state index < -0.39 is 0 Å². The van der Waals surface area contributed by atoms with Crippen LogP contribution in [0.1, 0.15) is 37.5 Å². The maximum atomic E-state index is 6.10. The molecule has 1 aromatic heterocycles. The van der Waals surface area contributed by atoms with E-state index in [1.165, 1.54) is 16.7 Å². The Bertz CT molecular complexity index is 718. The van der Waals surface area contributed by atoms with Gasteiger partial charge in [0.25, 0.3) is 0 Å². The second-order valence-corrected chi connectivity index (χ2v) is 6.27. The van der Waals surface area contributed by atoms with E-state index in [9.17, 15) is 0 Å². The molecular weight excluding hydrogens is 274 g/mol. The molecule has 0 amide bonds. The summed E-state index contributed by atoms with van der Waals surface area (Å²) >= 11 is 0. The highest BCUT2D eigenvalue weighted by Crippen LogP contribution is 2.45. The van der Waals surface area contributed by atoms with Crippen molar-refractivity contribution in [3.63, 3.8) is 0 Å². The minimum atomic E-state index is -0.192. The quantitative estimate of drug-likeness (QED) is 0.843. The Labute approximate surface area is 131 Å². The molecule has 22 heavy (non-hydrogen) atoms. The predicted molar refractivity (Wildman–Crippen MR) is 89.2 cm³/mol. The fraction of sp³-hybridized carbons (Fsp3) is 0.316. The standard InChI is InChI=1S/C19H21NO2/c1-13(11-14-7-9-20-10-8-14)15-5-6-17(21-4)18-16(15)12-19(2,3)22-18/h5-11H,12H2,1-4H3/b13-11+. The van der Waals surface area contributed by atoms with Gasteiger partial charge in [-0.1, -0.05) is 12.1 Å². The van der Waals surface area contributed by atoms with Gasteiger partial charge in [0.05, 0.1) is 7.11 Å². The average molecular weight is 295 g/mol. The molecule has 0 spiro atoms. The van der Waals surface area contributed by atoms with Crippen molar-refractivity contribution in [3.05, 3.63) is 53.3 Å². The molecule has 1 aliphatic rings. The van der Waals surface area contributed by atoms with Crippen LogP contribution in [0.25, 0.3) is 11.6 Å². The maximum absolute atomic E-state index is 6.10. The number of hydrogen-bond acceptors (Lipinski definition) is 3. The van der Waals surface area contributed by atoms with Crippen LogP contribution in [0.2, 0.25) is 0 Å². The summed E-state index contributed by atoms with van der Waals surface area (Å²) in [6.45, 7) is 6.35. The molecule has 2 heterocycles. The topological polar surface area (TPSA) is 31.4 Å². The van der Waals surface area contributed by atoms with Gasteiger partial charge in [-0.15, -0.1) is 0 Å². The molecule has 3 heteroatoms. The van der Waals surface area contributed by atoms with Crippen LogP contribution in [-0.4, -0.2) is 17.7 Å². The number of methoxy groups -OCH3 is 1. The van der Waals surface area contributed by atoms with E-state index in [0.29, 0.717) is 0 Å². The van der Waals surface area contributed by atoms with Gasteiger partial charge < -0.3 is 9.47 Å². The first-order valence-corrected chi connectivity index (χ1v) is 7.48. The van der Waals surface area contributed by atoms with E-state index >= 15 is 0 Å².